The van der Waals surface area contributed by atoms with Gasteiger partial charge in [0.05, 0.1) is 16.5 Å². The predicted octanol–water partition coefficient (Wildman–Crippen LogP) is 4.55. The van der Waals surface area contributed by atoms with Crippen LogP contribution in [0.2, 0.25) is 5.02 Å². The largest absolute Gasteiger partial charge is 0.241 e. The third kappa shape index (κ3) is 2.42. The van der Waals surface area contributed by atoms with Crippen LogP contribution in [0.5, 0.6) is 0 Å². The molecule has 0 spiro atoms. The molecular weight excluding hydrogens is 318 g/mol. The topological polar surface area (TPSA) is 39.1 Å². The molecule has 0 unspecified atom stereocenters. The Morgan fingerprint density at radius 2 is 1.64 bits per heavy atom. The van der Waals surface area contributed by atoms with Gasteiger partial charge in [-0.2, -0.15) is 0 Å². The average molecular weight is 334 g/mol. The van der Waals surface area contributed by atoms with Crippen LogP contribution in [0.15, 0.2) is 54.6 Å². The third-order valence-electron chi connectivity index (χ3n) is 3.66. The van der Waals surface area contributed by atoms with E-state index < -0.39 is 15.3 Å². The zero-order chi connectivity index (χ0) is 15.9. The summed E-state index contributed by atoms with van der Waals surface area (Å²) in [5.74, 6) is 0. The molecule has 0 amide bonds. The first-order valence-corrected chi connectivity index (χ1v) is 8.90. The molecule has 0 bridgehead atoms. The predicted molar refractivity (Wildman–Crippen MR) is 91.8 cm³/mol. The molecule has 0 aliphatic rings. The van der Waals surface area contributed by atoms with Crippen LogP contribution >= 0.6 is 11.6 Å². The highest BCUT2D eigenvalue weighted by molar-refractivity contribution is 7.90. The number of para-hydroxylation sites is 1. The quantitative estimate of drug-likeness (QED) is 0.705. The Morgan fingerprint density at radius 3 is 2.27 bits per heavy atom. The van der Waals surface area contributed by atoms with Crippen LogP contribution < -0.4 is 0 Å². The van der Waals surface area contributed by atoms with E-state index in [1.807, 2.05) is 42.5 Å². The van der Waals surface area contributed by atoms with Crippen LogP contribution in [-0.2, 0) is 10.0 Å². The maximum absolute atomic E-state index is 12.8. The van der Waals surface area contributed by atoms with E-state index in [9.17, 15) is 8.42 Å². The van der Waals surface area contributed by atoms with Crippen LogP contribution in [0.3, 0.4) is 0 Å². The number of rotatable bonds is 3. The maximum Gasteiger partial charge on any atom is 0.241 e. The molecule has 1 heterocycles. The SMILES string of the molecule is CC(C)S(=O)(=O)n1c(-c2ccc(Cl)cc2)cc2ccccc21. The van der Waals surface area contributed by atoms with Gasteiger partial charge in [-0.1, -0.05) is 41.9 Å². The van der Waals surface area contributed by atoms with Crippen molar-refractivity contribution in [3.8, 4) is 11.3 Å². The zero-order valence-electron chi connectivity index (χ0n) is 12.3. The van der Waals surface area contributed by atoms with Crippen molar-refractivity contribution in [3.63, 3.8) is 0 Å². The number of hydrogen-bond acceptors (Lipinski definition) is 2. The molecule has 0 N–H and O–H groups in total. The summed E-state index contributed by atoms with van der Waals surface area (Å²) in [5.41, 5.74) is 2.18. The Morgan fingerprint density at radius 1 is 1.00 bits per heavy atom. The molecule has 3 rings (SSSR count). The molecule has 0 aliphatic heterocycles. The second kappa shape index (κ2) is 5.45. The Balaban J connectivity index is 2.37. The fraction of sp³-hybridized carbons (Fsp3) is 0.176. The van der Waals surface area contributed by atoms with Gasteiger partial charge in [0.2, 0.25) is 10.0 Å². The van der Waals surface area contributed by atoms with Gasteiger partial charge in [0, 0.05) is 10.4 Å². The van der Waals surface area contributed by atoms with Crippen molar-refractivity contribution >= 4 is 32.5 Å². The first kappa shape index (κ1) is 15.1. The summed E-state index contributed by atoms with van der Waals surface area (Å²) in [6.07, 6.45) is 0. The van der Waals surface area contributed by atoms with Gasteiger partial charge in [-0.05, 0) is 43.7 Å². The summed E-state index contributed by atoms with van der Waals surface area (Å²) in [4.78, 5) is 0. The Kier molecular flexibility index (Phi) is 3.75. The van der Waals surface area contributed by atoms with E-state index in [-0.39, 0.29) is 0 Å². The normalized spacial score (nSPS) is 12.2. The number of nitrogens with zero attached hydrogens (tertiary/aromatic N) is 1. The summed E-state index contributed by atoms with van der Waals surface area (Å²) >= 11 is 5.93. The first-order chi connectivity index (χ1) is 10.4. The highest BCUT2D eigenvalue weighted by atomic mass is 35.5. The van der Waals surface area contributed by atoms with Gasteiger partial charge in [-0.15, -0.1) is 0 Å². The second-order valence-corrected chi connectivity index (χ2v) is 8.23. The van der Waals surface area contributed by atoms with E-state index in [2.05, 4.69) is 0 Å². The van der Waals surface area contributed by atoms with E-state index in [1.54, 1.807) is 26.0 Å². The van der Waals surface area contributed by atoms with Crippen molar-refractivity contribution in [2.24, 2.45) is 0 Å². The highest BCUT2D eigenvalue weighted by Crippen LogP contribution is 2.31. The number of hydrogen-bond donors (Lipinski definition) is 0. The molecule has 0 radical (unpaired) electrons. The van der Waals surface area contributed by atoms with Crippen LogP contribution in [0, 0.1) is 0 Å². The Bertz CT molecular complexity index is 925. The van der Waals surface area contributed by atoms with Crippen LogP contribution in [-0.4, -0.2) is 17.6 Å². The minimum absolute atomic E-state index is 0.505. The maximum atomic E-state index is 12.8. The van der Waals surface area contributed by atoms with Crippen molar-refractivity contribution in [1.29, 1.82) is 0 Å². The van der Waals surface area contributed by atoms with Crippen LogP contribution in [0.4, 0.5) is 0 Å². The molecule has 5 heteroatoms. The van der Waals surface area contributed by atoms with Gasteiger partial charge in [-0.25, -0.2) is 12.4 Å². The summed E-state index contributed by atoms with van der Waals surface area (Å²) in [6, 6.07) is 16.6. The molecule has 3 nitrogen and oxygen atoms in total. The van der Waals surface area contributed by atoms with Crippen molar-refractivity contribution < 1.29 is 8.42 Å². The molecule has 0 saturated heterocycles. The molecule has 1 aromatic heterocycles. The molecule has 114 valence electrons. The Labute approximate surface area is 135 Å². The fourth-order valence-corrected chi connectivity index (χ4v) is 3.86. The zero-order valence-corrected chi connectivity index (χ0v) is 13.9. The minimum Gasteiger partial charge on any atom is -0.237 e. The standard InChI is InChI=1S/C17H16ClNO2S/c1-12(2)22(20,21)19-16-6-4-3-5-14(16)11-17(19)13-7-9-15(18)10-8-13/h3-12H,1-2H3. The lowest BCUT2D eigenvalue weighted by atomic mass is 10.1. The Hall–Kier alpha value is -1.78. The lowest BCUT2D eigenvalue weighted by Gasteiger charge is -2.14. The van der Waals surface area contributed by atoms with E-state index in [0.717, 1.165) is 10.9 Å². The van der Waals surface area contributed by atoms with Gasteiger partial charge >= 0.3 is 0 Å². The van der Waals surface area contributed by atoms with E-state index in [0.29, 0.717) is 16.2 Å². The van der Waals surface area contributed by atoms with Crippen molar-refractivity contribution in [1.82, 2.24) is 3.97 Å². The van der Waals surface area contributed by atoms with E-state index >= 15 is 0 Å². The first-order valence-electron chi connectivity index (χ1n) is 7.02. The molecule has 0 atom stereocenters. The molecular formula is C17H16ClNO2S. The molecule has 22 heavy (non-hydrogen) atoms. The van der Waals surface area contributed by atoms with Gasteiger partial charge in [-0.3, -0.25) is 0 Å². The third-order valence-corrected chi connectivity index (χ3v) is 6.00. The average Bonchev–Trinajstić information content (AvgIpc) is 2.87. The highest BCUT2D eigenvalue weighted by Gasteiger charge is 2.24. The van der Waals surface area contributed by atoms with Crippen molar-refractivity contribution in [3.05, 3.63) is 59.6 Å². The smallest absolute Gasteiger partial charge is 0.237 e. The number of aromatic nitrogens is 1. The number of fused-ring (bicyclic) bond motifs is 1. The molecule has 0 saturated carbocycles. The summed E-state index contributed by atoms with van der Waals surface area (Å²) < 4.78 is 27.1. The van der Waals surface area contributed by atoms with Gasteiger partial charge in [0.15, 0.2) is 0 Å². The van der Waals surface area contributed by atoms with Crippen LogP contribution in [0.1, 0.15) is 13.8 Å². The van der Waals surface area contributed by atoms with Gasteiger partial charge in [0.25, 0.3) is 0 Å². The van der Waals surface area contributed by atoms with Gasteiger partial charge in [0.1, 0.15) is 0 Å². The monoisotopic (exact) mass is 333 g/mol. The lowest BCUT2D eigenvalue weighted by molar-refractivity contribution is 0.580. The van der Waals surface area contributed by atoms with E-state index in [1.165, 1.54) is 3.97 Å². The van der Waals surface area contributed by atoms with Crippen molar-refractivity contribution in [2.45, 2.75) is 19.1 Å². The summed E-state index contributed by atoms with van der Waals surface area (Å²) in [5, 5.41) is 1.02. The van der Waals surface area contributed by atoms with Crippen molar-refractivity contribution in [2.75, 3.05) is 0 Å². The van der Waals surface area contributed by atoms with Gasteiger partial charge < -0.3 is 0 Å². The lowest BCUT2D eigenvalue weighted by Crippen LogP contribution is -2.23. The van der Waals surface area contributed by atoms with E-state index in [4.69, 9.17) is 11.6 Å². The molecule has 2 aromatic carbocycles. The number of benzene rings is 2. The minimum atomic E-state index is -3.47. The molecule has 0 aliphatic carbocycles. The molecule has 3 aromatic rings. The summed E-state index contributed by atoms with van der Waals surface area (Å²) in [7, 11) is -3.47. The number of halogens is 1. The summed E-state index contributed by atoms with van der Waals surface area (Å²) in [6.45, 7) is 3.38. The fourth-order valence-electron chi connectivity index (χ4n) is 2.44. The molecule has 0 fully saturated rings. The van der Waals surface area contributed by atoms with Crippen LogP contribution in [0.25, 0.3) is 22.2 Å². The second-order valence-electron chi connectivity index (χ2n) is 5.45.